The van der Waals surface area contributed by atoms with Crippen LogP contribution in [0.25, 0.3) is 0 Å². The van der Waals surface area contributed by atoms with Gasteiger partial charge in [0.2, 0.25) is 0 Å². The van der Waals surface area contributed by atoms with Crippen LogP contribution < -0.4 is 5.32 Å². The zero-order valence-corrected chi connectivity index (χ0v) is 14.1. The molecule has 2 aromatic rings. The molecule has 2 aromatic heterocycles. The van der Waals surface area contributed by atoms with Crippen LogP contribution in [0.3, 0.4) is 0 Å². The fourth-order valence-electron chi connectivity index (χ4n) is 2.91. The third kappa shape index (κ3) is 4.45. The van der Waals surface area contributed by atoms with Gasteiger partial charge in [0.15, 0.2) is 0 Å². The summed E-state index contributed by atoms with van der Waals surface area (Å²) in [7, 11) is 0. The monoisotopic (exact) mass is 356 g/mol. The van der Waals surface area contributed by atoms with Crippen LogP contribution in [-0.4, -0.2) is 34.0 Å². The van der Waals surface area contributed by atoms with Crippen LogP contribution in [0.4, 0.5) is 19.0 Å². The Kier molecular flexibility index (Phi) is 5.05. The SMILES string of the molecule is Cc1ccc(CN2CCCC(Nc3cc(C(F)(F)F)ncn3)C2)s1. The number of likely N-dealkylation sites (tertiary alicyclic amines) is 1. The van der Waals surface area contributed by atoms with Crippen molar-refractivity contribution in [3.63, 3.8) is 0 Å². The molecule has 8 heteroatoms. The van der Waals surface area contributed by atoms with E-state index in [1.165, 1.54) is 9.75 Å². The van der Waals surface area contributed by atoms with Gasteiger partial charge in [-0.05, 0) is 38.4 Å². The lowest BCUT2D eigenvalue weighted by atomic mass is 10.1. The number of hydrogen-bond acceptors (Lipinski definition) is 5. The number of anilines is 1. The number of aryl methyl sites for hydroxylation is 1. The number of piperidine rings is 1. The number of halogens is 3. The van der Waals surface area contributed by atoms with Gasteiger partial charge in [0.1, 0.15) is 17.8 Å². The third-order valence-electron chi connectivity index (χ3n) is 3.99. The normalized spacial score (nSPS) is 19.4. The highest BCUT2D eigenvalue weighted by Crippen LogP contribution is 2.28. The molecule has 1 unspecified atom stereocenters. The zero-order valence-electron chi connectivity index (χ0n) is 13.3. The predicted molar refractivity (Wildman–Crippen MR) is 88.0 cm³/mol. The number of rotatable bonds is 4. The van der Waals surface area contributed by atoms with Gasteiger partial charge in [-0.3, -0.25) is 4.90 Å². The van der Waals surface area contributed by atoms with E-state index in [0.29, 0.717) is 0 Å². The van der Waals surface area contributed by atoms with Gasteiger partial charge in [-0.25, -0.2) is 9.97 Å². The number of thiophene rings is 1. The largest absolute Gasteiger partial charge is 0.433 e. The van der Waals surface area contributed by atoms with Crippen molar-refractivity contribution in [2.75, 3.05) is 18.4 Å². The van der Waals surface area contributed by atoms with Crippen LogP contribution in [0, 0.1) is 6.92 Å². The molecule has 0 amide bonds. The highest BCUT2D eigenvalue weighted by molar-refractivity contribution is 7.11. The van der Waals surface area contributed by atoms with Gasteiger partial charge in [0.25, 0.3) is 0 Å². The molecule has 0 aromatic carbocycles. The summed E-state index contributed by atoms with van der Waals surface area (Å²) in [5, 5.41) is 3.12. The van der Waals surface area contributed by atoms with E-state index >= 15 is 0 Å². The zero-order chi connectivity index (χ0) is 17.2. The summed E-state index contributed by atoms with van der Waals surface area (Å²) >= 11 is 1.78. The first-order valence-electron chi connectivity index (χ1n) is 7.83. The van der Waals surface area contributed by atoms with Crippen LogP contribution >= 0.6 is 11.3 Å². The van der Waals surface area contributed by atoms with E-state index in [1.54, 1.807) is 11.3 Å². The van der Waals surface area contributed by atoms with E-state index in [0.717, 1.165) is 44.9 Å². The standard InChI is InChI=1S/C16H19F3N4S/c1-11-4-5-13(24-11)9-23-6-2-3-12(8-23)22-15-7-14(16(17,18)19)20-10-21-15/h4-5,7,10,12H,2-3,6,8-9H2,1H3,(H,20,21,22). The molecule has 1 saturated heterocycles. The van der Waals surface area contributed by atoms with Gasteiger partial charge >= 0.3 is 6.18 Å². The first-order valence-corrected chi connectivity index (χ1v) is 8.65. The Balaban J connectivity index is 1.61. The van der Waals surface area contributed by atoms with Crippen LogP contribution in [0.15, 0.2) is 24.5 Å². The van der Waals surface area contributed by atoms with E-state index in [2.05, 4.69) is 39.2 Å². The summed E-state index contributed by atoms with van der Waals surface area (Å²) in [5.41, 5.74) is -0.915. The molecule has 24 heavy (non-hydrogen) atoms. The maximum absolute atomic E-state index is 12.7. The van der Waals surface area contributed by atoms with Gasteiger partial charge in [0.05, 0.1) is 0 Å². The quantitative estimate of drug-likeness (QED) is 0.901. The molecule has 1 atom stereocenters. The Morgan fingerprint density at radius 1 is 1.33 bits per heavy atom. The number of alkyl halides is 3. The Morgan fingerprint density at radius 3 is 2.88 bits per heavy atom. The summed E-state index contributed by atoms with van der Waals surface area (Å²) in [5.74, 6) is 0.233. The molecule has 1 fully saturated rings. The van der Waals surface area contributed by atoms with Gasteiger partial charge in [0, 0.05) is 35.0 Å². The van der Waals surface area contributed by atoms with Crippen molar-refractivity contribution in [3.05, 3.63) is 40.0 Å². The number of aromatic nitrogens is 2. The second-order valence-corrected chi connectivity index (χ2v) is 7.39. The molecule has 3 heterocycles. The Bertz CT molecular complexity index is 686. The molecule has 0 saturated carbocycles. The molecular formula is C16H19F3N4S. The minimum Gasteiger partial charge on any atom is -0.366 e. The Labute approximate surface area is 142 Å². The van der Waals surface area contributed by atoms with Crippen LogP contribution in [0.2, 0.25) is 0 Å². The van der Waals surface area contributed by atoms with Crippen molar-refractivity contribution >= 4 is 17.2 Å². The van der Waals surface area contributed by atoms with Crippen LogP contribution in [0.1, 0.15) is 28.3 Å². The molecule has 0 aliphatic carbocycles. The lowest BCUT2D eigenvalue weighted by Gasteiger charge is -2.33. The average Bonchev–Trinajstić information content (AvgIpc) is 2.92. The smallest absolute Gasteiger partial charge is 0.366 e. The molecule has 1 aliphatic heterocycles. The Morgan fingerprint density at radius 2 is 2.17 bits per heavy atom. The van der Waals surface area contributed by atoms with Gasteiger partial charge in [-0.2, -0.15) is 13.2 Å². The molecule has 0 radical (unpaired) electrons. The first-order chi connectivity index (χ1) is 11.4. The van der Waals surface area contributed by atoms with Crippen LogP contribution in [0.5, 0.6) is 0 Å². The van der Waals surface area contributed by atoms with Crippen molar-refractivity contribution in [2.24, 2.45) is 0 Å². The summed E-state index contributed by atoms with van der Waals surface area (Å²) in [6.45, 7) is 4.77. The van der Waals surface area contributed by atoms with E-state index in [1.807, 2.05) is 0 Å². The minimum atomic E-state index is -4.45. The van der Waals surface area contributed by atoms with Crippen molar-refractivity contribution in [1.29, 1.82) is 0 Å². The summed E-state index contributed by atoms with van der Waals surface area (Å²) in [4.78, 5) is 12.1. The van der Waals surface area contributed by atoms with E-state index in [9.17, 15) is 13.2 Å². The number of hydrogen-bond donors (Lipinski definition) is 1. The molecular weight excluding hydrogens is 337 g/mol. The summed E-state index contributed by atoms with van der Waals surface area (Å²) < 4.78 is 38.2. The fourth-order valence-corrected chi connectivity index (χ4v) is 3.84. The molecule has 0 bridgehead atoms. The molecule has 3 rings (SSSR count). The highest BCUT2D eigenvalue weighted by atomic mass is 32.1. The van der Waals surface area contributed by atoms with Gasteiger partial charge in [-0.1, -0.05) is 0 Å². The van der Waals surface area contributed by atoms with Gasteiger partial charge < -0.3 is 5.32 Å². The fraction of sp³-hybridized carbons (Fsp3) is 0.500. The minimum absolute atomic E-state index is 0.0933. The highest BCUT2D eigenvalue weighted by Gasteiger charge is 2.33. The molecule has 130 valence electrons. The number of nitrogens with one attached hydrogen (secondary N) is 1. The molecule has 0 spiro atoms. The lowest BCUT2D eigenvalue weighted by Crippen LogP contribution is -2.41. The maximum atomic E-state index is 12.7. The predicted octanol–water partition coefficient (Wildman–Crippen LogP) is 3.94. The average molecular weight is 356 g/mol. The maximum Gasteiger partial charge on any atom is 0.433 e. The van der Waals surface area contributed by atoms with Crippen molar-refractivity contribution < 1.29 is 13.2 Å². The van der Waals surface area contributed by atoms with E-state index < -0.39 is 11.9 Å². The molecule has 4 nitrogen and oxygen atoms in total. The second kappa shape index (κ2) is 7.06. The first kappa shape index (κ1) is 17.2. The van der Waals surface area contributed by atoms with E-state index in [4.69, 9.17) is 0 Å². The number of nitrogens with zero attached hydrogens (tertiary/aromatic N) is 3. The second-order valence-electron chi connectivity index (χ2n) is 6.02. The van der Waals surface area contributed by atoms with Crippen molar-refractivity contribution in [3.8, 4) is 0 Å². The molecule has 1 N–H and O–H groups in total. The summed E-state index contributed by atoms with van der Waals surface area (Å²) in [6.07, 6.45) is -1.56. The van der Waals surface area contributed by atoms with Crippen molar-refractivity contribution in [1.82, 2.24) is 14.9 Å². The van der Waals surface area contributed by atoms with E-state index in [-0.39, 0.29) is 11.9 Å². The Hall–Kier alpha value is -1.67. The third-order valence-corrected chi connectivity index (χ3v) is 4.98. The lowest BCUT2D eigenvalue weighted by molar-refractivity contribution is -0.141. The summed E-state index contributed by atoms with van der Waals surface area (Å²) in [6, 6.07) is 5.31. The topological polar surface area (TPSA) is 41.0 Å². The van der Waals surface area contributed by atoms with Crippen molar-refractivity contribution in [2.45, 2.75) is 38.5 Å². The van der Waals surface area contributed by atoms with Crippen LogP contribution in [-0.2, 0) is 12.7 Å². The molecule has 1 aliphatic rings. The van der Waals surface area contributed by atoms with Gasteiger partial charge in [-0.15, -0.1) is 11.3 Å².